The number of aromatic nitrogens is 1. The number of anilines is 1. The standard InChI is InChI=1S/C12H18N4O/c13-12(14)10-1-2-11(15-7-10)16-5-3-9(8-16)4-6-17/h1-2,7,9,17H,3-6,8H2,(H3,13,14). The first kappa shape index (κ1) is 11.9. The first-order valence-electron chi connectivity index (χ1n) is 5.87. The van der Waals surface area contributed by atoms with Crippen LogP contribution in [0.3, 0.4) is 0 Å². The fourth-order valence-corrected chi connectivity index (χ4v) is 2.19. The van der Waals surface area contributed by atoms with Crippen molar-refractivity contribution in [2.45, 2.75) is 12.8 Å². The van der Waals surface area contributed by atoms with Crippen molar-refractivity contribution >= 4 is 11.7 Å². The van der Waals surface area contributed by atoms with Gasteiger partial charge in [-0.3, -0.25) is 5.41 Å². The van der Waals surface area contributed by atoms with Crippen LogP contribution in [0.1, 0.15) is 18.4 Å². The maximum Gasteiger partial charge on any atom is 0.128 e. The van der Waals surface area contributed by atoms with Crippen LogP contribution in [0, 0.1) is 11.3 Å². The number of nitrogen functional groups attached to an aromatic ring is 1. The van der Waals surface area contributed by atoms with Crippen LogP contribution in [0.2, 0.25) is 0 Å². The van der Waals surface area contributed by atoms with Crippen LogP contribution in [0.4, 0.5) is 5.82 Å². The highest BCUT2D eigenvalue weighted by Crippen LogP contribution is 2.23. The second kappa shape index (κ2) is 5.14. The van der Waals surface area contributed by atoms with Crippen molar-refractivity contribution in [3.05, 3.63) is 23.9 Å². The number of aliphatic hydroxyl groups excluding tert-OH is 1. The van der Waals surface area contributed by atoms with Crippen molar-refractivity contribution in [3.63, 3.8) is 0 Å². The summed E-state index contributed by atoms with van der Waals surface area (Å²) < 4.78 is 0. The lowest BCUT2D eigenvalue weighted by Gasteiger charge is -2.17. The third kappa shape index (κ3) is 2.74. The lowest BCUT2D eigenvalue weighted by molar-refractivity contribution is 0.263. The molecule has 0 aliphatic carbocycles. The Morgan fingerprint density at radius 1 is 1.59 bits per heavy atom. The zero-order valence-electron chi connectivity index (χ0n) is 9.76. The first-order chi connectivity index (χ1) is 8.20. The van der Waals surface area contributed by atoms with Gasteiger partial charge in [0.05, 0.1) is 0 Å². The molecule has 92 valence electrons. The molecule has 1 aromatic rings. The molecule has 1 aliphatic heterocycles. The van der Waals surface area contributed by atoms with E-state index in [0.29, 0.717) is 11.5 Å². The molecular formula is C12H18N4O. The molecule has 0 spiro atoms. The smallest absolute Gasteiger partial charge is 0.128 e. The molecule has 5 heteroatoms. The second-order valence-corrected chi connectivity index (χ2v) is 4.43. The van der Waals surface area contributed by atoms with E-state index in [0.717, 1.165) is 31.7 Å². The Bertz CT molecular complexity index is 390. The summed E-state index contributed by atoms with van der Waals surface area (Å²) in [5.74, 6) is 1.54. The average Bonchev–Trinajstić information content (AvgIpc) is 2.78. The number of amidine groups is 1. The number of nitrogens with two attached hydrogens (primary N) is 1. The first-order valence-corrected chi connectivity index (χ1v) is 5.87. The van der Waals surface area contributed by atoms with Crippen LogP contribution >= 0.6 is 0 Å². The molecule has 4 N–H and O–H groups in total. The number of aliphatic hydroxyl groups is 1. The van der Waals surface area contributed by atoms with Crippen LogP contribution in [-0.4, -0.2) is 35.6 Å². The van der Waals surface area contributed by atoms with Gasteiger partial charge in [0.15, 0.2) is 0 Å². The predicted molar refractivity (Wildman–Crippen MR) is 67.3 cm³/mol. The topological polar surface area (TPSA) is 86.2 Å². The van der Waals surface area contributed by atoms with Crippen molar-refractivity contribution in [2.24, 2.45) is 11.7 Å². The lowest BCUT2D eigenvalue weighted by Crippen LogP contribution is -2.21. The van der Waals surface area contributed by atoms with Crippen LogP contribution in [0.15, 0.2) is 18.3 Å². The average molecular weight is 234 g/mol. The summed E-state index contributed by atoms with van der Waals surface area (Å²) in [5.41, 5.74) is 6.03. The highest BCUT2D eigenvalue weighted by atomic mass is 16.3. The molecule has 1 atom stereocenters. The molecule has 2 heterocycles. The molecule has 5 nitrogen and oxygen atoms in total. The largest absolute Gasteiger partial charge is 0.396 e. The molecule has 0 bridgehead atoms. The summed E-state index contributed by atoms with van der Waals surface area (Å²) in [6.07, 6.45) is 3.61. The Balaban J connectivity index is 2.01. The molecule has 17 heavy (non-hydrogen) atoms. The highest BCUT2D eigenvalue weighted by Gasteiger charge is 2.22. The lowest BCUT2D eigenvalue weighted by atomic mass is 10.1. The molecule has 1 unspecified atom stereocenters. The number of hydrogen-bond donors (Lipinski definition) is 3. The van der Waals surface area contributed by atoms with E-state index in [1.54, 1.807) is 6.20 Å². The Hall–Kier alpha value is -1.62. The second-order valence-electron chi connectivity index (χ2n) is 4.43. The van der Waals surface area contributed by atoms with Crippen molar-refractivity contribution in [2.75, 3.05) is 24.6 Å². The van der Waals surface area contributed by atoms with Crippen molar-refractivity contribution < 1.29 is 5.11 Å². The monoisotopic (exact) mass is 234 g/mol. The van der Waals surface area contributed by atoms with Gasteiger partial charge >= 0.3 is 0 Å². The van der Waals surface area contributed by atoms with Gasteiger partial charge in [0.25, 0.3) is 0 Å². The third-order valence-electron chi connectivity index (χ3n) is 3.21. The van der Waals surface area contributed by atoms with Crippen LogP contribution in [0.5, 0.6) is 0 Å². The van der Waals surface area contributed by atoms with Crippen molar-refractivity contribution in [3.8, 4) is 0 Å². The third-order valence-corrected chi connectivity index (χ3v) is 3.21. The molecule has 0 aromatic carbocycles. The molecule has 0 radical (unpaired) electrons. The summed E-state index contributed by atoms with van der Waals surface area (Å²) >= 11 is 0. The molecule has 0 saturated carbocycles. The van der Waals surface area contributed by atoms with Crippen LogP contribution in [0.25, 0.3) is 0 Å². The molecule has 1 aliphatic rings. The van der Waals surface area contributed by atoms with E-state index in [1.807, 2.05) is 12.1 Å². The van der Waals surface area contributed by atoms with Gasteiger partial charge in [-0.25, -0.2) is 4.98 Å². The number of nitrogens with zero attached hydrogens (tertiary/aromatic N) is 2. The van der Waals surface area contributed by atoms with Crippen molar-refractivity contribution in [1.82, 2.24) is 4.98 Å². The summed E-state index contributed by atoms with van der Waals surface area (Å²) in [4.78, 5) is 6.53. The summed E-state index contributed by atoms with van der Waals surface area (Å²) in [5, 5.41) is 16.2. The molecule has 1 fully saturated rings. The van der Waals surface area contributed by atoms with Gasteiger partial charge < -0.3 is 15.7 Å². The summed E-state index contributed by atoms with van der Waals surface area (Å²) in [6, 6.07) is 3.72. The Labute approximate surface area is 101 Å². The molecule has 2 rings (SSSR count). The zero-order valence-corrected chi connectivity index (χ0v) is 9.76. The van der Waals surface area contributed by atoms with Gasteiger partial charge in [-0.2, -0.15) is 0 Å². The normalized spacial score (nSPS) is 19.6. The van der Waals surface area contributed by atoms with E-state index in [9.17, 15) is 0 Å². The van der Waals surface area contributed by atoms with E-state index in [1.165, 1.54) is 0 Å². The van der Waals surface area contributed by atoms with Crippen LogP contribution < -0.4 is 10.6 Å². The summed E-state index contributed by atoms with van der Waals surface area (Å²) in [7, 11) is 0. The Morgan fingerprint density at radius 2 is 2.41 bits per heavy atom. The summed E-state index contributed by atoms with van der Waals surface area (Å²) in [6.45, 7) is 2.19. The van der Waals surface area contributed by atoms with E-state index in [4.69, 9.17) is 16.2 Å². The van der Waals surface area contributed by atoms with E-state index in [-0.39, 0.29) is 12.4 Å². The highest BCUT2D eigenvalue weighted by molar-refractivity contribution is 5.94. The molecule has 1 aromatic heterocycles. The van der Waals surface area contributed by atoms with Gasteiger partial charge in [0.1, 0.15) is 11.7 Å². The number of hydrogen-bond acceptors (Lipinski definition) is 4. The van der Waals surface area contributed by atoms with Crippen molar-refractivity contribution in [1.29, 1.82) is 5.41 Å². The molecule has 1 saturated heterocycles. The SMILES string of the molecule is N=C(N)c1ccc(N2CCC(CCO)C2)nc1. The maximum absolute atomic E-state index is 8.91. The molecular weight excluding hydrogens is 216 g/mol. The van der Waals surface area contributed by atoms with Gasteiger partial charge in [-0.05, 0) is 30.9 Å². The van der Waals surface area contributed by atoms with Gasteiger partial charge in [-0.1, -0.05) is 0 Å². The zero-order chi connectivity index (χ0) is 12.3. The maximum atomic E-state index is 8.91. The quantitative estimate of drug-likeness (QED) is 0.525. The number of nitrogens with one attached hydrogen (secondary N) is 1. The Kier molecular flexibility index (Phi) is 3.58. The van der Waals surface area contributed by atoms with Gasteiger partial charge in [0.2, 0.25) is 0 Å². The Morgan fingerprint density at radius 3 is 3.00 bits per heavy atom. The number of pyridine rings is 1. The fraction of sp³-hybridized carbons (Fsp3) is 0.500. The van der Waals surface area contributed by atoms with E-state index in [2.05, 4.69) is 9.88 Å². The minimum absolute atomic E-state index is 0.0450. The number of rotatable bonds is 4. The van der Waals surface area contributed by atoms with Gasteiger partial charge in [-0.15, -0.1) is 0 Å². The van der Waals surface area contributed by atoms with Gasteiger partial charge in [0, 0.05) is 31.5 Å². The van der Waals surface area contributed by atoms with E-state index >= 15 is 0 Å². The predicted octanol–water partition coefficient (Wildman–Crippen LogP) is 0.574. The van der Waals surface area contributed by atoms with Crippen LogP contribution in [-0.2, 0) is 0 Å². The minimum atomic E-state index is 0.0450. The fourth-order valence-electron chi connectivity index (χ4n) is 2.19. The molecule has 0 amide bonds. The minimum Gasteiger partial charge on any atom is -0.396 e. The van der Waals surface area contributed by atoms with E-state index < -0.39 is 0 Å².